The van der Waals surface area contributed by atoms with Crippen molar-refractivity contribution in [3.05, 3.63) is 41.5 Å². The molecule has 27 heavy (non-hydrogen) atoms. The highest BCUT2D eigenvalue weighted by Gasteiger charge is 2.21. The lowest BCUT2D eigenvalue weighted by atomic mass is 10.1. The molecular weight excluding hydrogens is 356 g/mol. The van der Waals surface area contributed by atoms with Gasteiger partial charge < -0.3 is 23.7 Å². The maximum atomic E-state index is 12.5. The lowest BCUT2D eigenvalue weighted by Gasteiger charge is -2.15. The van der Waals surface area contributed by atoms with Crippen molar-refractivity contribution in [3.63, 3.8) is 0 Å². The minimum atomic E-state index is -0.582. The fraction of sp³-hybridized carbons (Fsp3) is 0.222. The number of benzene rings is 2. The zero-order valence-electron chi connectivity index (χ0n) is 15.0. The number of nitrogens with one attached hydrogen (secondary N) is 2. The molecule has 0 unspecified atom stereocenters. The van der Waals surface area contributed by atoms with Gasteiger partial charge in [-0.2, -0.15) is 0 Å². The molecule has 1 heterocycles. The van der Waals surface area contributed by atoms with Gasteiger partial charge in [0, 0.05) is 5.56 Å². The van der Waals surface area contributed by atoms with Crippen LogP contribution in [0.1, 0.15) is 20.7 Å². The highest BCUT2D eigenvalue weighted by Crippen LogP contribution is 2.39. The number of carbonyl (C=O) groups excluding carboxylic acids is 2. The molecule has 1 aliphatic rings. The Kier molecular flexibility index (Phi) is 5.20. The van der Waals surface area contributed by atoms with Crippen molar-refractivity contribution in [1.82, 2.24) is 10.9 Å². The highest BCUT2D eigenvalue weighted by molar-refractivity contribution is 6.01. The van der Waals surface area contributed by atoms with Gasteiger partial charge in [-0.05, 0) is 30.3 Å². The lowest BCUT2D eigenvalue weighted by Crippen LogP contribution is -2.41. The number of rotatable bonds is 5. The van der Waals surface area contributed by atoms with Crippen LogP contribution in [0.2, 0.25) is 0 Å². The fourth-order valence-electron chi connectivity index (χ4n) is 2.57. The van der Waals surface area contributed by atoms with Gasteiger partial charge in [-0.3, -0.25) is 20.4 Å². The van der Waals surface area contributed by atoms with Crippen LogP contribution in [-0.2, 0) is 0 Å². The van der Waals surface area contributed by atoms with Crippen LogP contribution in [0.4, 0.5) is 0 Å². The van der Waals surface area contributed by atoms with Gasteiger partial charge in [0.05, 0.1) is 26.9 Å². The number of hydrazine groups is 1. The van der Waals surface area contributed by atoms with Crippen LogP contribution in [-0.4, -0.2) is 39.9 Å². The number of amides is 2. The molecule has 0 spiro atoms. The molecule has 9 heteroatoms. The van der Waals surface area contributed by atoms with Crippen LogP contribution in [0.3, 0.4) is 0 Å². The molecule has 0 aliphatic carbocycles. The summed E-state index contributed by atoms with van der Waals surface area (Å²) in [4.78, 5) is 24.7. The number of methoxy groups -OCH3 is 3. The van der Waals surface area contributed by atoms with E-state index in [9.17, 15) is 9.59 Å². The van der Waals surface area contributed by atoms with Crippen LogP contribution in [0.25, 0.3) is 0 Å². The van der Waals surface area contributed by atoms with E-state index in [1.165, 1.54) is 33.5 Å². The number of carbonyl (C=O) groups is 2. The van der Waals surface area contributed by atoms with E-state index in [0.717, 1.165) is 0 Å². The van der Waals surface area contributed by atoms with Crippen LogP contribution in [0.5, 0.6) is 28.7 Å². The summed E-state index contributed by atoms with van der Waals surface area (Å²) in [6, 6.07) is 7.78. The Balaban J connectivity index is 1.73. The smallest absolute Gasteiger partial charge is 0.273 e. The van der Waals surface area contributed by atoms with E-state index in [1.807, 2.05) is 0 Å². The standard InChI is InChI=1S/C18H18N2O7/c1-23-13-7-5-11(15(24-2)16(13)25-3)18(22)20-19-17(21)10-4-6-12-14(8-10)27-9-26-12/h4-8H,9H2,1-3H3,(H,19,21)(H,20,22). The Labute approximate surface area is 155 Å². The minimum absolute atomic E-state index is 0.107. The van der Waals surface area contributed by atoms with Crippen molar-refractivity contribution < 1.29 is 33.3 Å². The topological polar surface area (TPSA) is 104 Å². The second-order valence-electron chi connectivity index (χ2n) is 5.36. The molecule has 2 amide bonds. The van der Waals surface area contributed by atoms with E-state index in [4.69, 9.17) is 23.7 Å². The molecule has 2 aromatic rings. The monoisotopic (exact) mass is 374 g/mol. The number of fused-ring (bicyclic) bond motifs is 1. The summed E-state index contributed by atoms with van der Waals surface area (Å²) in [5, 5.41) is 0. The third-order valence-electron chi connectivity index (χ3n) is 3.87. The lowest BCUT2D eigenvalue weighted by molar-refractivity contribution is 0.0844. The summed E-state index contributed by atoms with van der Waals surface area (Å²) in [5.74, 6) is 0.806. The quantitative estimate of drug-likeness (QED) is 0.765. The van der Waals surface area contributed by atoms with E-state index < -0.39 is 11.8 Å². The van der Waals surface area contributed by atoms with Gasteiger partial charge in [0.15, 0.2) is 23.0 Å². The number of hydrogen-bond donors (Lipinski definition) is 2. The van der Waals surface area contributed by atoms with E-state index in [-0.39, 0.29) is 23.9 Å². The molecule has 9 nitrogen and oxygen atoms in total. The van der Waals surface area contributed by atoms with Crippen LogP contribution in [0, 0.1) is 0 Å². The van der Waals surface area contributed by atoms with Gasteiger partial charge in [0.2, 0.25) is 12.5 Å². The predicted molar refractivity (Wildman–Crippen MR) is 93.6 cm³/mol. The molecular formula is C18H18N2O7. The molecule has 0 atom stereocenters. The summed E-state index contributed by atoms with van der Waals surface area (Å²) in [5.41, 5.74) is 5.16. The Hall–Kier alpha value is -3.62. The molecule has 2 N–H and O–H groups in total. The van der Waals surface area contributed by atoms with Crippen molar-refractivity contribution in [2.24, 2.45) is 0 Å². The Morgan fingerprint density at radius 1 is 0.852 bits per heavy atom. The zero-order valence-corrected chi connectivity index (χ0v) is 15.0. The maximum Gasteiger partial charge on any atom is 0.273 e. The van der Waals surface area contributed by atoms with Crippen LogP contribution >= 0.6 is 0 Å². The van der Waals surface area contributed by atoms with Crippen molar-refractivity contribution in [3.8, 4) is 28.7 Å². The Morgan fingerprint density at radius 2 is 1.56 bits per heavy atom. The van der Waals surface area contributed by atoms with Crippen molar-refractivity contribution in [2.45, 2.75) is 0 Å². The summed E-state index contributed by atoms with van der Waals surface area (Å²) >= 11 is 0. The average molecular weight is 374 g/mol. The summed E-state index contributed by atoms with van der Waals surface area (Å²) in [7, 11) is 4.31. The SMILES string of the molecule is COc1ccc(C(=O)NNC(=O)c2ccc3c(c2)OCO3)c(OC)c1OC. The second kappa shape index (κ2) is 7.73. The maximum absolute atomic E-state index is 12.5. The first-order valence-corrected chi connectivity index (χ1v) is 7.88. The van der Waals surface area contributed by atoms with Gasteiger partial charge in [0.1, 0.15) is 0 Å². The van der Waals surface area contributed by atoms with Crippen molar-refractivity contribution in [1.29, 1.82) is 0 Å². The predicted octanol–water partition coefficient (Wildman–Crippen LogP) is 1.52. The summed E-state index contributed by atoms with van der Waals surface area (Å²) < 4.78 is 26.1. The van der Waals surface area contributed by atoms with Crippen LogP contribution in [0.15, 0.2) is 30.3 Å². The van der Waals surface area contributed by atoms with Crippen molar-refractivity contribution in [2.75, 3.05) is 28.1 Å². The minimum Gasteiger partial charge on any atom is -0.493 e. The van der Waals surface area contributed by atoms with Gasteiger partial charge in [-0.25, -0.2) is 0 Å². The average Bonchev–Trinajstić information content (AvgIpc) is 3.18. The summed E-state index contributed by atoms with van der Waals surface area (Å²) in [6.45, 7) is 0.107. The number of ether oxygens (including phenoxy) is 5. The molecule has 0 aromatic heterocycles. The third kappa shape index (κ3) is 3.52. The molecule has 2 aromatic carbocycles. The van der Waals surface area contributed by atoms with Crippen molar-refractivity contribution >= 4 is 11.8 Å². The molecule has 1 aliphatic heterocycles. The molecule has 3 rings (SSSR count). The number of hydrogen-bond acceptors (Lipinski definition) is 7. The first kappa shape index (κ1) is 18.2. The fourth-order valence-corrected chi connectivity index (χ4v) is 2.57. The molecule has 142 valence electrons. The van der Waals surface area contributed by atoms with Crippen LogP contribution < -0.4 is 34.5 Å². The third-order valence-corrected chi connectivity index (χ3v) is 3.87. The van der Waals surface area contributed by atoms with E-state index in [0.29, 0.717) is 22.8 Å². The highest BCUT2D eigenvalue weighted by atomic mass is 16.7. The molecule has 0 fully saturated rings. The Bertz CT molecular complexity index is 882. The van der Waals surface area contributed by atoms with Gasteiger partial charge >= 0.3 is 0 Å². The first-order chi connectivity index (χ1) is 13.1. The second-order valence-corrected chi connectivity index (χ2v) is 5.36. The van der Waals surface area contributed by atoms with Gasteiger partial charge in [0.25, 0.3) is 11.8 Å². The molecule has 0 saturated heterocycles. The van der Waals surface area contributed by atoms with Gasteiger partial charge in [-0.1, -0.05) is 0 Å². The molecule has 0 saturated carbocycles. The zero-order chi connectivity index (χ0) is 19.4. The summed E-state index contributed by atoms with van der Waals surface area (Å²) in [6.07, 6.45) is 0. The van der Waals surface area contributed by atoms with E-state index in [2.05, 4.69) is 10.9 Å². The first-order valence-electron chi connectivity index (χ1n) is 7.88. The van der Waals surface area contributed by atoms with E-state index >= 15 is 0 Å². The van der Waals surface area contributed by atoms with Gasteiger partial charge in [-0.15, -0.1) is 0 Å². The van der Waals surface area contributed by atoms with E-state index in [1.54, 1.807) is 18.2 Å². The molecule has 0 bridgehead atoms. The molecule has 0 radical (unpaired) electrons. The Morgan fingerprint density at radius 3 is 2.26 bits per heavy atom. The normalized spacial score (nSPS) is 11.5. The largest absolute Gasteiger partial charge is 0.493 e.